The molecule has 2 aromatic rings. The number of allylic oxidation sites excluding steroid dienone is 1. The van der Waals surface area contributed by atoms with E-state index in [0.717, 1.165) is 5.57 Å². The zero-order valence-electron chi connectivity index (χ0n) is 13.1. The van der Waals surface area contributed by atoms with E-state index in [1.54, 1.807) is 32.0 Å². The number of carbonyl (C=O) groups excluding carboxylic acids is 2. The van der Waals surface area contributed by atoms with Gasteiger partial charge in [-0.3, -0.25) is 4.79 Å². The summed E-state index contributed by atoms with van der Waals surface area (Å²) in [7, 11) is 0. The fourth-order valence-electron chi connectivity index (χ4n) is 2.06. The van der Waals surface area contributed by atoms with Crippen LogP contribution in [0.5, 0.6) is 0 Å². The predicted molar refractivity (Wildman–Crippen MR) is 86.0 cm³/mol. The van der Waals surface area contributed by atoms with Crippen LogP contribution in [0.1, 0.15) is 26.3 Å². The van der Waals surface area contributed by atoms with Gasteiger partial charge in [0.25, 0.3) is 0 Å². The molecular formula is C17H17NO5. The highest BCUT2D eigenvalue weighted by Gasteiger charge is 2.09. The van der Waals surface area contributed by atoms with E-state index in [1.165, 1.54) is 19.1 Å². The molecular weight excluding hydrogens is 298 g/mol. The molecule has 1 heterocycles. The molecule has 0 fully saturated rings. The summed E-state index contributed by atoms with van der Waals surface area (Å²) in [5, 5.41) is 3.26. The lowest BCUT2D eigenvalue weighted by Crippen LogP contribution is -2.07. The first-order valence-corrected chi connectivity index (χ1v) is 7.01. The first-order valence-electron chi connectivity index (χ1n) is 7.01. The van der Waals surface area contributed by atoms with Crippen LogP contribution in [-0.4, -0.2) is 11.9 Å². The molecule has 1 aromatic heterocycles. The van der Waals surface area contributed by atoms with Gasteiger partial charge in [0.1, 0.15) is 12.2 Å². The Morgan fingerprint density at radius 2 is 1.96 bits per heavy atom. The molecule has 6 heteroatoms. The maximum absolute atomic E-state index is 11.7. The largest absolute Gasteiger partial charge is 0.458 e. The normalized spacial score (nSPS) is 10.2. The number of rotatable bonds is 4. The molecule has 0 aliphatic carbocycles. The average Bonchev–Trinajstić information content (AvgIpc) is 2.42. The van der Waals surface area contributed by atoms with Crippen molar-refractivity contribution in [3.8, 4) is 0 Å². The Balaban J connectivity index is 2.33. The molecule has 0 spiro atoms. The van der Waals surface area contributed by atoms with Gasteiger partial charge in [-0.25, -0.2) is 9.59 Å². The van der Waals surface area contributed by atoms with Crippen LogP contribution in [0.25, 0.3) is 11.0 Å². The van der Waals surface area contributed by atoms with Crippen molar-refractivity contribution in [1.82, 2.24) is 0 Å². The van der Waals surface area contributed by atoms with E-state index in [4.69, 9.17) is 9.15 Å². The Hall–Kier alpha value is -2.89. The lowest BCUT2D eigenvalue weighted by atomic mass is 10.1. The van der Waals surface area contributed by atoms with Crippen molar-refractivity contribution in [2.45, 2.75) is 27.4 Å². The van der Waals surface area contributed by atoms with Gasteiger partial charge in [0.05, 0.1) is 0 Å². The third-order valence-electron chi connectivity index (χ3n) is 2.93. The van der Waals surface area contributed by atoms with E-state index >= 15 is 0 Å². The predicted octanol–water partition coefficient (Wildman–Crippen LogP) is 2.76. The number of nitrogens with one attached hydrogen (secondary N) is 1. The summed E-state index contributed by atoms with van der Waals surface area (Å²) in [6.07, 6.45) is 1.38. The number of esters is 1. The quantitative estimate of drug-likeness (QED) is 0.532. The van der Waals surface area contributed by atoms with E-state index in [1.807, 2.05) is 0 Å². The molecule has 0 atom stereocenters. The molecule has 0 saturated heterocycles. The Bertz CT molecular complexity index is 844. The molecule has 0 saturated carbocycles. The molecule has 6 nitrogen and oxygen atoms in total. The second-order valence-corrected chi connectivity index (χ2v) is 5.31. The number of hydrogen-bond donors (Lipinski definition) is 1. The number of fused-ring (bicyclic) bond motifs is 1. The number of ether oxygens (including phenoxy) is 1. The second-order valence-electron chi connectivity index (χ2n) is 5.31. The average molecular weight is 315 g/mol. The summed E-state index contributed by atoms with van der Waals surface area (Å²) in [5.41, 5.74) is 1.66. The van der Waals surface area contributed by atoms with Gasteiger partial charge in [0.15, 0.2) is 0 Å². The van der Waals surface area contributed by atoms with Gasteiger partial charge >= 0.3 is 11.6 Å². The molecule has 1 amide bonds. The lowest BCUT2D eigenvalue weighted by Gasteiger charge is -2.08. The van der Waals surface area contributed by atoms with Crippen molar-refractivity contribution < 1.29 is 18.7 Å². The molecule has 0 aliphatic heterocycles. The smallest absolute Gasteiger partial charge is 0.336 e. The zero-order valence-corrected chi connectivity index (χ0v) is 13.1. The van der Waals surface area contributed by atoms with Gasteiger partial charge in [-0.05, 0) is 26.0 Å². The third-order valence-corrected chi connectivity index (χ3v) is 2.93. The summed E-state index contributed by atoms with van der Waals surface area (Å²) in [6.45, 7) is 4.93. The number of hydrogen-bond acceptors (Lipinski definition) is 5. The number of amides is 1. The second kappa shape index (κ2) is 6.91. The molecule has 0 aliphatic rings. The molecule has 120 valence electrons. The van der Waals surface area contributed by atoms with Crippen LogP contribution >= 0.6 is 0 Å². The maximum Gasteiger partial charge on any atom is 0.336 e. The SMILES string of the molecule is CC(=O)Nc1ccc2c(COC(=O)C=C(C)C)cc(=O)oc2c1. The number of benzene rings is 1. The summed E-state index contributed by atoms with van der Waals surface area (Å²) in [4.78, 5) is 34.3. The minimum atomic E-state index is -0.550. The highest BCUT2D eigenvalue weighted by molar-refractivity contribution is 5.92. The Labute approximate surface area is 132 Å². The van der Waals surface area contributed by atoms with Crippen molar-refractivity contribution in [1.29, 1.82) is 0 Å². The molecule has 0 bridgehead atoms. The van der Waals surface area contributed by atoms with Crippen molar-refractivity contribution in [3.05, 3.63) is 51.9 Å². The van der Waals surface area contributed by atoms with Gasteiger partial charge in [0, 0.05) is 41.8 Å². The highest BCUT2D eigenvalue weighted by Crippen LogP contribution is 2.22. The summed E-state index contributed by atoms with van der Waals surface area (Å²) < 4.78 is 10.3. The van der Waals surface area contributed by atoms with E-state index < -0.39 is 11.6 Å². The Morgan fingerprint density at radius 1 is 1.22 bits per heavy atom. The molecule has 1 aromatic carbocycles. The molecule has 0 radical (unpaired) electrons. The van der Waals surface area contributed by atoms with Crippen LogP contribution in [0.3, 0.4) is 0 Å². The Morgan fingerprint density at radius 3 is 2.61 bits per heavy atom. The molecule has 0 unspecified atom stereocenters. The van der Waals surface area contributed by atoms with Gasteiger partial charge in [-0.15, -0.1) is 0 Å². The van der Waals surface area contributed by atoms with Crippen molar-refractivity contribution in [3.63, 3.8) is 0 Å². The third kappa shape index (κ3) is 4.54. The fourth-order valence-corrected chi connectivity index (χ4v) is 2.06. The van der Waals surface area contributed by atoms with E-state index in [9.17, 15) is 14.4 Å². The van der Waals surface area contributed by atoms with E-state index in [0.29, 0.717) is 22.2 Å². The van der Waals surface area contributed by atoms with Crippen LogP contribution in [0, 0.1) is 0 Å². The standard InChI is InChI=1S/C17H17NO5/c1-10(2)6-16(20)22-9-12-7-17(21)23-15-8-13(18-11(3)19)4-5-14(12)15/h4-8H,9H2,1-3H3,(H,18,19). The van der Waals surface area contributed by atoms with Gasteiger partial charge < -0.3 is 14.5 Å². The minimum Gasteiger partial charge on any atom is -0.458 e. The first-order chi connectivity index (χ1) is 10.8. The van der Waals surface area contributed by atoms with Gasteiger partial charge in [-0.1, -0.05) is 5.57 Å². The highest BCUT2D eigenvalue weighted by atomic mass is 16.5. The monoisotopic (exact) mass is 315 g/mol. The van der Waals surface area contributed by atoms with Crippen LogP contribution < -0.4 is 10.9 Å². The first kappa shape index (κ1) is 16.5. The Kier molecular flexibility index (Phi) is 4.95. The fraction of sp³-hybridized carbons (Fsp3) is 0.235. The van der Waals surface area contributed by atoms with E-state index in [-0.39, 0.29) is 12.5 Å². The maximum atomic E-state index is 11.7. The van der Waals surface area contributed by atoms with Crippen molar-refractivity contribution in [2.75, 3.05) is 5.32 Å². The minimum absolute atomic E-state index is 0.0375. The van der Waals surface area contributed by atoms with Gasteiger partial charge in [0.2, 0.25) is 5.91 Å². The summed E-state index contributed by atoms with van der Waals surface area (Å²) >= 11 is 0. The topological polar surface area (TPSA) is 85.6 Å². The van der Waals surface area contributed by atoms with E-state index in [2.05, 4.69) is 5.32 Å². The van der Waals surface area contributed by atoms with Crippen molar-refractivity contribution in [2.24, 2.45) is 0 Å². The molecule has 1 N–H and O–H groups in total. The number of carbonyl (C=O) groups is 2. The zero-order chi connectivity index (χ0) is 17.0. The lowest BCUT2D eigenvalue weighted by molar-refractivity contribution is -0.139. The van der Waals surface area contributed by atoms with Gasteiger partial charge in [-0.2, -0.15) is 0 Å². The summed E-state index contributed by atoms with van der Waals surface area (Å²) in [6, 6.07) is 6.23. The number of anilines is 1. The van der Waals surface area contributed by atoms with Crippen LogP contribution in [0.2, 0.25) is 0 Å². The summed E-state index contributed by atoms with van der Waals surface area (Å²) in [5.74, 6) is -0.695. The molecule has 23 heavy (non-hydrogen) atoms. The molecule has 2 rings (SSSR count). The van der Waals surface area contributed by atoms with Crippen LogP contribution in [0.15, 0.2) is 45.1 Å². The van der Waals surface area contributed by atoms with Crippen LogP contribution in [-0.2, 0) is 20.9 Å². The van der Waals surface area contributed by atoms with Crippen molar-refractivity contribution >= 4 is 28.5 Å². The van der Waals surface area contributed by atoms with Crippen LogP contribution in [0.4, 0.5) is 5.69 Å².